The zero-order valence-corrected chi connectivity index (χ0v) is 11.9. The number of aliphatic hydroxyl groups is 1. The van der Waals surface area contributed by atoms with Gasteiger partial charge in [-0.15, -0.1) is 0 Å². The first kappa shape index (κ1) is 16.4. The van der Waals surface area contributed by atoms with Crippen molar-refractivity contribution in [1.29, 1.82) is 0 Å². The number of fused-ring (bicyclic) bond motifs is 1. The average molecular weight is 298 g/mol. The SMILES string of the molecule is Oc1cc(O)c2c(c1)O[C@H](c1ccc(O)c(O)c1)[C@H](O)C2.[H-].[Li+]. The minimum Gasteiger partial charge on any atom is -1.00 e. The van der Waals surface area contributed by atoms with E-state index < -0.39 is 12.2 Å². The van der Waals surface area contributed by atoms with Crippen LogP contribution < -0.4 is 23.6 Å². The maximum absolute atomic E-state index is 10.2. The molecular formula is C15H15LiO6. The van der Waals surface area contributed by atoms with E-state index in [1.54, 1.807) is 0 Å². The van der Waals surface area contributed by atoms with Crippen LogP contribution in [0.1, 0.15) is 18.7 Å². The number of benzene rings is 2. The molecule has 2 aromatic rings. The molecule has 0 fully saturated rings. The van der Waals surface area contributed by atoms with Gasteiger partial charge in [0.25, 0.3) is 0 Å². The van der Waals surface area contributed by atoms with Crippen molar-refractivity contribution in [1.82, 2.24) is 0 Å². The molecule has 0 saturated carbocycles. The molecular weight excluding hydrogens is 283 g/mol. The van der Waals surface area contributed by atoms with Crippen LogP contribution in [0.25, 0.3) is 0 Å². The summed E-state index contributed by atoms with van der Waals surface area (Å²) in [6.07, 6.45) is -1.56. The largest absolute Gasteiger partial charge is 1.00 e. The van der Waals surface area contributed by atoms with Crippen LogP contribution in [0.4, 0.5) is 0 Å². The first-order chi connectivity index (χ1) is 9.95. The molecule has 2 aromatic carbocycles. The summed E-state index contributed by atoms with van der Waals surface area (Å²) < 4.78 is 5.62. The van der Waals surface area contributed by atoms with Crippen LogP contribution >= 0.6 is 0 Å². The van der Waals surface area contributed by atoms with Gasteiger partial charge in [0.15, 0.2) is 11.5 Å². The fourth-order valence-electron chi connectivity index (χ4n) is 2.47. The Hall–Kier alpha value is -2.00. The Morgan fingerprint density at radius 2 is 1.68 bits per heavy atom. The standard InChI is InChI=1S/C15H14O6.Li.H/c16-8-4-11(18)9-6-13(20)15(21-14(9)5-8)7-1-2-10(17)12(19)3-7;;/h1-5,13,15-20H,6H2;;/q;+1;-1/t13-,15-;;/m1../s1. The fraction of sp³-hybridized carbons (Fsp3) is 0.200. The molecule has 7 heteroatoms. The zero-order chi connectivity index (χ0) is 15.1. The van der Waals surface area contributed by atoms with Gasteiger partial charge >= 0.3 is 18.9 Å². The van der Waals surface area contributed by atoms with E-state index in [1.165, 1.54) is 30.3 Å². The summed E-state index contributed by atoms with van der Waals surface area (Å²) in [5.74, 6) is -0.589. The Labute approximate surface area is 139 Å². The second-order valence-corrected chi connectivity index (χ2v) is 5.00. The minimum atomic E-state index is -0.933. The number of aromatic hydroxyl groups is 4. The number of rotatable bonds is 1. The number of hydrogen-bond acceptors (Lipinski definition) is 6. The van der Waals surface area contributed by atoms with Crippen molar-refractivity contribution < 1.29 is 50.6 Å². The van der Waals surface area contributed by atoms with Crippen LogP contribution in [0.15, 0.2) is 30.3 Å². The summed E-state index contributed by atoms with van der Waals surface area (Å²) in [4.78, 5) is 0. The van der Waals surface area contributed by atoms with Gasteiger partial charge in [-0.2, -0.15) is 0 Å². The summed E-state index contributed by atoms with van der Waals surface area (Å²) in [5.41, 5.74) is 0.894. The Balaban J connectivity index is 0.00000132. The van der Waals surface area contributed by atoms with E-state index in [0.29, 0.717) is 11.1 Å². The van der Waals surface area contributed by atoms with Crippen molar-refractivity contribution >= 4 is 0 Å². The molecule has 1 aliphatic rings. The van der Waals surface area contributed by atoms with Crippen LogP contribution in [-0.4, -0.2) is 31.6 Å². The Bertz CT molecular complexity index is 709. The number of ether oxygens (including phenoxy) is 1. The summed E-state index contributed by atoms with van der Waals surface area (Å²) in [5, 5.41) is 48.3. The van der Waals surface area contributed by atoms with Crippen molar-refractivity contribution in [2.24, 2.45) is 0 Å². The summed E-state index contributed by atoms with van der Waals surface area (Å²) in [6.45, 7) is 0. The third-order valence-electron chi connectivity index (χ3n) is 3.51. The van der Waals surface area contributed by atoms with Crippen LogP contribution in [-0.2, 0) is 6.42 Å². The predicted octanol–water partition coefficient (Wildman–Crippen LogP) is -1.34. The van der Waals surface area contributed by atoms with Gasteiger partial charge in [-0.3, -0.25) is 0 Å². The van der Waals surface area contributed by atoms with E-state index in [-0.39, 0.29) is 55.5 Å². The smallest absolute Gasteiger partial charge is 1.00 e. The van der Waals surface area contributed by atoms with Crippen molar-refractivity contribution in [3.63, 3.8) is 0 Å². The van der Waals surface area contributed by atoms with E-state index in [1.807, 2.05) is 0 Å². The monoisotopic (exact) mass is 298 g/mol. The topological polar surface area (TPSA) is 110 Å². The molecule has 2 atom stereocenters. The van der Waals surface area contributed by atoms with Crippen molar-refractivity contribution in [2.75, 3.05) is 0 Å². The van der Waals surface area contributed by atoms with Crippen LogP contribution in [0, 0.1) is 0 Å². The van der Waals surface area contributed by atoms with Gasteiger partial charge in [0.2, 0.25) is 0 Å². The second kappa shape index (κ2) is 6.01. The molecule has 0 radical (unpaired) electrons. The molecule has 0 amide bonds. The van der Waals surface area contributed by atoms with Gasteiger partial charge in [0, 0.05) is 24.1 Å². The molecule has 0 aliphatic carbocycles. The fourth-order valence-corrected chi connectivity index (χ4v) is 2.47. The van der Waals surface area contributed by atoms with Gasteiger partial charge in [-0.25, -0.2) is 0 Å². The van der Waals surface area contributed by atoms with Gasteiger partial charge in [-0.05, 0) is 17.7 Å². The minimum absolute atomic E-state index is 0. The van der Waals surface area contributed by atoms with E-state index in [9.17, 15) is 25.5 Å². The molecule has 0 saturated heterocycles. The molecule has 22 heavy (non-hydrogen) atoms. The van der Waals surface area contributed by atoms with Crippen molar-refractivity contribution in [2.45, 2.75) is 18.6 Å². The molecule has 1 aliphatic heterocycles. The van der Waals surface area contributed by atoms with Crippen LogP contribution in [0.3, 0.4) is 0 Å². The molecule has 6 nitrogen and oxygen atoms in total. The Kier molecular flexibility index (Phi) is 4.47. The molecule has 0 aromatic heterocycles. The Morgan fingerprint density at radius 3 is 2.36 bits per heavy atom. The number of hydrogen-bond donors (Lipinski definition) is 5. The van der Waals surface area contributed by atoms with Gasteiger partial charge < -0.3 is 31.7 Å². The van der Waals surface area contributed by atoms with E-state index in [4.69, 9.17) is 4.74 Å². The molecule has 5 N–H and O–H groups in total. The van der Waals surface area contributed by atoms with Crippen molar-refractivity contribution in [3.8, 4) is 28.7 Å². The number of phenols is 4. The van der Waals surface area contributed by atoms with E-state index in [2.05, 4.69) is 0 Å². The second-order valence-electron chi connectivity index (χ2n) is 5.00. The van der Waals surface area contributed by atoms with Crippen LogP contribution in [0.2, 0.25) is 0 Å². The zero-order valence-electron chi connectivity index (χ0n) is 12.9. The molecule has 3 rings (SSSR count). The number of phenolic OH excluding ortho intramolecular Hbond substituents is 4. The molecule has 1 heterocycles. The first-order valence-corrected chi connectivity index (χ1v) is 6.37. The van der Waals surface area contributed by atoms with Crippen molar-refractivity contribution in [3.05, 3.63) is 41.5 Å². The summed E-state index contributed by atoms with van der Waals surface area (Å²) >= 11 is 0. The molecule has 0 spiro atoms. The number of aliphatic hydroxyl groups excluding tert-OH is 1. The van der Waals surface area contributed by atoms with Gasteiger partial charge in [0.1, 0.15) is 23.4 Å². The Morgan fingerprint density at radius 1 is 0.955 bits per heavy atom. The van der Waals surface area contributed by atoms with Gasteiger partial charge in [-0.1, -0.05) is 6.07 Å². The quantitative estimate of drug-likeness (QED) is 0.329. The maximum Gasteiger partial charge on any atom is 1.00 e. The van der Waals surface area contributed by atoms with Gasteiger partial charge in [0.05, 0.1) is 6.10 Å². The summed E-state index contributed by atoms with van der Waals surface area (Å²) in [7, 11) is 0. The van der Waals surface area contributed by atoms with E-state index >= 15 is 0 Å². The van der Waals surface area contributed by atoms with E-state index in [0.717, 1.165) is 0 Å². The maximum atomic E-state index is 10.2. The molecule has 112 valence electrons. The molecule has 0 unspecified atom stereocenters. The summed E-state index contributed by atoms with van der Waals surface area (Å²) in [6, 6.07) is 6.67. The van der Waals surface area contributed by atoms with Crippen LogP contribution in [0.5, 0.6) is 28.7 Å². The molecule has 0 bridgehead atoms. The first-order valence-electron chi connectivity index (χ1n) is 6.37. The third kappa shape index (κ3) is 2.81. The third-order valence-corrected chi connectivity index (χ3v) is 3.51. The normalized spacial score (nSPS) is 19.7. The average Bonchev–Trinajstić information content (AvgIpc) is 2.42. The predicted molar refractivity (Wildman–Crippen MR) is 73.7 cm³/mol.